The van der Waals surface area contributed by atoms with Gasteiger partial charge in [0.1, 0.15) is 0 Å². The van der Waals surface area contributed by atoms with E-state index in [4.69, 9.17) is 5.73 Å². The molecule has 2 N–H and O–H groups in total. The number of thioether (sulfide) groups is 1. The molecule has 0 aliphatic heterocycles. The molecule has 0 amide bonds. The molecule has 0 saturated heterocycles. The minimum atomic E-state index is 0.681. The van der Waals surface area contributed by atoms with Crippen molar-refractivity contribution in [3.05, 3.63) is 23.8 Å². The van der Waals surface area contributed by atoms with Gasteiger partial charge in [-0.2, -0.15) is 0 Å². The molecular weight excluding hydrogens is 190 g/mol. The maximum atomic E-state index is 5.76. The molecule has 1 aromatic carbocycles. The van der Waals surface area contributed by atoms with Crippen LogP contribution in [0.5, 0.6) is 0 Å². The van der Waals surface area contributed by atoms with Gasteiger partial charge in [0, 0.05) is 15.8 Å². The second-order valence-corrected chi connectivity index (χ2v) is 5.22. The number of anilines is 1. The minimum absolute atomic E-state index is 0.681. The lowest BCUT2D eigenvalue weighted by molar-refractivity contribution is 0.787. The maximum absolute atomic E-state index is 5.76. The number of hydrogen-bond donors (Lipinski definition) is 1. The molecule has 0 heterocycles. The van der Waals surface area contributed by atoms with Gasteiger partial charge in [-0.15, -0.1) is 11.8 Å². The van der Waals surface area contributed by atoms with E-state index in [-0.39, 0.29) is 0 Å². The van der Waals surface area contributed by atoms with Gasteiger partial charge < -0.3 is 5.73 Å². The molecule has 2 heteroatoms. The van der Waals surface area contributed by atoms with Crippen LogP contribution in [0.2, 0.25) is 0 Å². The lowest BCUT2D eigenvalue weighted by Gasteiger charge is -2.12. The molecule has 1 atom stereocenters. The maximum Gasteiger partial charge on any atom is 0.0325 e. The Morgan fingerprint density at radius 1 is 1.43 bits per heavy atom. The first-order valence-electron chi connectivity index (χ1n) is 5.16. The molecule has 0 fully saturated rings. The number of aryl methyl sites for hydroxylation is 1. The number of rotatable bonds is 4. The highest BCUT2D eigenvalue weighted by Gasteiger charge is 2.05. The molecule has 0 aliphatic carbocycles. The zero-order valence-electron chi connectivity index (χ0n) is 9.21. The molecular formula is C12H19NS. The second-order valence-electron chi connectivity index (χ2n) is 3.74. The molecule has 1 rings (SSSR count). The molecule has 0 aromatic heterocycles. The van der Waals surface area contributed by atoms with E-state index in [1.807, 2.05) is 17.8 Å². The van der Waals surface area contributed by atoms with Crippen LogP contribution in [0, 0.1) is 6.92 Å². The lowest BCUT2D eigenvalue weighted by atomic mass is 10.2. The van der Waals surface area contributed by atoms with E-state index in [9.17, 15) is 0 Å². The molecule has 0 radical (unpaired) electrons. The van der Waals surface area contributed by atoms with Crippen LogP contribution in [-0.4, -0.2) is 5.25 Å². The van der Waals surface area contributed by atoms with E-state index < -0.39 is 0 Å². The molecule has 0 bridgehead atoms. The van der Waals surface area contributed by atoms with Crippen molar-refractivity contribution >= 4 is 17.4 Å². The largest absolute Gasteiger partial charge is 0.399 e. The molecule has 0 saturated carbocycles. The summed E-state index contributed by atoms with van der Waals surface area (Å²) in [4.78, 5) is 1.32. The van der Waals surface area contributed by atoms with Gasteiger partial charge in [0.15, 0.2) is 0 Å². The Morgan fingerprint density at radius 3 is 2.79 bits per heavy atom. The zero-order chi connectivity index (χ0) is 10.6. The summed E-state index contributed by atoms with van der Waals surface area (Å²) in [7, 11) is 0. The van der Waals surface area contributed by atoms with Crippen molar-refractivity contribution in [3.63, 3.8) is 0 Å². The monoisotopic (exact) mass is 209 g/mol. The summed E-state index contributed by atoms with van der Waals surface area (Å²) < 4.78 is 0. The van der Waals surface area contributed by atoms with Gasteiger partial charge in [0.05, 0.1) is 0 Å². The highest BCUT2D eigenvalue weighted by molar-refractivity contribution is 8.00. The summed E-state index contributed by atoms with van der Waals surface area (Å²) in [5, 5.41) is 0.681. The summed E-state index contributed by atoms with van der Waals surface area (Å²) in [5.74, 6) is 0. The van der Waals surface area contributed by atoms with E-state index in [0.717, 1.165) is 5.69 Å². The molecule has 78 valence electrons. The van der Waals surface area contributed by atoms with Crippen LogP contribution in [0.1, 0.15) is 32.3 Å². The minimum Gasteiger partial charge on any atom is -0.399 e. The summed E-state index contributed by atoms with van der Waals surface area (Å²) in [6.45, 7) is 6.64. The van der Waals surface area contributed by atoms with Crippen molar-refractivity contribution in [1.29, 1.82) is 0 Å². The Kier molecular flexibility index (Phi) is 4.33. The third kappa shape index (κ3) is 3.26. The standard InChI is InChI=1S/C12H19NS/c1-4-5-10(3)14-12-8-11(13)7-6-9(12)2/h6-8,10H,4-5,13H2,1-3H3. The van der Waals surface area contributed by atoms with E-state index in [2.05, 4.69) is 32.9 Å². The van der Waals surface area contributed by atoms with Crippen LogP contribution >= 0.6 is 11.8 Å². The Morgan fingerprint density at radius 2 is 2.14 bits per heavy atom. The molecule has 0 aliphatic rings. The average Bonchev–Trinajstić information content (AvgIpc) is 2.12. The Bertz CT molecular complexity index is 296. The van der Waals surface area contributed by atoms with E-state index in [1.54, 1.807) is 0 Å². The van der Waals surface area contributed by atoms with Crippen molar-refractivity contribution < 1.29 is 0 Å². The highest BCUT2D eigenvalue weighted by Crippen LogP contribution is 2.30. The third-order valence-electron chi connectivity index (χ3n) is 2.24. The van der Waals surface area contributed by atoms with E-state index in [1.165, 1.54) is 23.3 Å². The summed E-state index contributed by atoms with van der Waals surface area (Å²) >= 11 is 1.93. The van der Waals surface area contributed by atoms with Gasteiger partial charge in [0.25, 0.3) is 0 Å². The Hall–Kier alpha value is -0.630. The SMILES string of the molecule is CCCC(C)Sc1cc(N)ccc1C. The normalized spacial score (nSPS) is 12.8. The van der Waals surface area contributed by atoms with Crippen LogP contribution in [0.15, 0.2) is 23.1 Å². The summed E-state index contributed by atoms with van der Waals surface area (Å²) in [6.07, 6.45) is 2.51. The fourth-order valence-corrected chi connectivity index (χ4v) is 2.67. The molecule has 0 spiro atoms. The lowest BCUT2D eigenvalue weighted by Crippen LogP contribution is -1.96. The summed E-state index contributed by atoms with van der Waals surface area (Å²) in [6, 6.07) is 6.13. The molecule has 1 aromatic rings. The van der Waals surface area contributed by atoms with Crippen molar-refractivity contribution in [2.45, 2.75) is 43.8 Å². The molecule has 1 nitrogen and oxygen atoms in total. The van der Waals surface area contributed by atoms with E-state index >= 15 is 0 Å². The van der Waals surface area contributed by atoms with Gasteiger partial charge in [-0.1, -0.05) is 26.3 Å². The van der Waals surface area contributed by atoms with Gasteiger partial charge >= 0.3 is 0 Å². The zero-order valence-corrected chi connectivity index (χ0v) is 10.0. The first-order valence-corrected chi connectivity index (χ1v) is 6.04. The van der Waals surface area contributed by atoms with Crippen LogP contribution < -0.4 is 5.73 Å². The fourth-order valence-electron chi connectivity index (χ4n) is 1.43. The fraction of sp³-hybridized carbons (Fsp3) is 0.500. The molecule has 14 heavy (non-hydrogen) atoms. The first-order chi connectivity index (χ1) is 6.63. The van der Waals surface area contributed by atoms with Crippen LogP contribution in [0.4, 0.5) is 5.69 Å². The Balaban J connectivity index is 2.70. The smallest absolute Gasteiger partial charge is 0.0325 e. The van der Waals surface area contributed by atoms with Gasteiger partial charge in [0.2, 0.25) is 0 Å². The van der Waals surface area contributed by atoms with E-state index in [0.29, 0.717) is 5.25 Å². The second kappa shape index (κ2) is 5.30. The van der Waals surface area contributed by atoms with Crippen molar-refractivity contribution in [3.8, 4) is 0 Å². The van der Waals surface area contributed by atoms with Crippen molar-refractivity contribution in [2.24, 2.45) is 0 Å². The third-order valence-corrected chi connectivity index (χ3v) is 3.57. The predicted octanol–water partition coefficient (Wildman–Crippen LogP) is 3.86. The summed E-state index contributed by atoms with van der Waals surface area (Å²) in [5.41, 5.74) is 7.95. The number of nitrogen functional groups attached to an aromatic ring is 1. The number of nitrogens with two attached hydrogens (primary N) is 1. The van der Waals surface area contributed by atoms with Crippen molar-refractivity contribution in [1.82, 2.24) is 0 Å². The van der Waals surface area contributed by atoms with Crippen LogP contribution in [-0.2, 0) is 0 Å². The quantitative estimate of drug-likeness (QED) is 0.602. The van der Waals surface area contributed by atoms with Gasteiger partial charge in [-0.05, 0) is 31.0 Å². The number of hydrogen-bond acceptors (Lipinski definition) is 2. The molecule has 1 unspecified atom stereocenters. The van der Waals surface area contributed by atoms with Crippen molar-refractivity contribution in [2.75, 3.05) is 5.73 Å². The predicted molar refractivity (Wildman–Crippen MR) is 65.8 cm³/mol. The Labute approximate surface area is 91.1 Å². The van der Waals surface area contributed by atoms with Crippen LogP contribution in [0.25, 0.3) is 0 Å². The number of benzene rings is 1. The first kappa shape index (κ1) is 11.4. The van der Waals surface area contributed by atoms with Gasteiger partial charge in [-0.25, -0.2) is 0 Å². The average molecular weight is 209 g/mol. The topological polar surface area (TPSA) is 26.0 Å². The van der Waals surface area contributed by atoms with Crippen LogP contribution in [0.3, 0.4) is 0 Å². The highest BCUT2D eigenvalue weighted by atomic mass is 32.2. The van der Waals surface area contributed by atoms with Gasteiger partial charge in [-0.3, -0.25) is 0 Å².